The number of carbonyl (C=O) groups excluding carboxylic acids is 1. The number of carboxylic acids is 1. The molecular weight excluding hydrogens is 332 g/mol. The summed E-state index contributed by atoms with van der Waals surface area (Å²) in [6, 6.07) is 4.14. The lowest BCUT2D eigenvalue weighted by Gasteiger charge is -1.98. The first kappa shape index (κ1) is 16.5. The molecule has 1 aliphatic carbocycles. The summed E-state index contributed by atoms with van der Waals surface area (Å²) >= 11 is 0. The molecule has 1 N–H and O–H groups in total. The van der Waals surface area contributed by atoms with Crippen LogP contribution in [-0.4, -0.2) is 36.0 Å². The highest BCUT2D eigenvalue weighted by Gasteiger charge is 2.23. The maximum atomic E-state index is 11.4. The molecule has 7 nitrogen and oxygen atoms in total. The van der Waals surface area contributed by atoms with Crippen LogP contribution in [0.25, 0.3) is 5.65 Å². The Balaban J connectivity index is 1.58. The fourth-order valence-corrected chi connectivity index (χ4v) is 3.16. The molecule has 3 heterocycles. The van der Waals surface area contributed by atoms with Gasteiger partial charge < -0.3 is 14.3 Å². The van der Waals surface area contributed by atoms with Crippen LogP contribution in [0.4, 0.5) is 0 Å². The Bertz CT molecular complexity index is 998. The summed E-state index contributed by atoms with van der Waals surface area (Å²) in [6.07, 6.45) is 8.71. The molecule has 0 amide bonds. The summed E-state index contributed by atoms with van der Waals surface area (Å²) in [5, 5.41) is 13.7. The molecule has 0 bridgehead atoms. The predicted octanol–water partition coefficient (Wildman–Crippen LogP) is 2.68. The summed E-state index contributed by atoms with van der Waals surface area (Å²) in [4.78, 5) is 27.2. The van der Waals surface area contributed by atoms with Crippen molar-refractivity contribution in [3.63, 3.8) is 0 Å². The average molecular weight is 352 g/mol. The Kier molecular flexibility index (Phi) is 4.06. The van der Waals surface area contributed by atoms with Crippen LogP contribution in [0.5, 0.6) is 0 Å². The second kappa shape index (κ2) is 6.40. The van der Waals surface area contributed by atoms with Gasteiger partial charge in [0.25, 0.3) is 0 Å². The number of fused-ring (bicyclic) bond motifs is 1. The third kappa shape index (κ3) is 3.37. The highest BCUT2D eigenvalue weighted by molar-refractivity contribution is 5.88. The summed E-state index contributed by atoms with van der Waals surface area (Å²) in [7, 11) is 0. The monoisotopic (exact) mass is 352 g/mol. The van der Waals surface area contributed by atoms with E-state index in [1.54, 1.807) is 4.68 Å². The number of aromatic carboxylic acids is 1. The van der Waals surface area contributed by atoms with Crippen molar-refractivity contribution < 1.29 is 14.7 Å². The predicted molar refractivity (Wildman–Crippen MR) is 94.5 cm³/mol. The molecule has 0 radical (unpaired) electrons. The maximum Gasteiger partial charge on any atom is 0.339 e. The Morgan fingerprint density at radius 1 is 1.23 bits per heavy atom. The van der Waals surface area contributed by atoms with Crippen molar-refractivity contribution in [3.05, 3.63) is 53.2 Å². The van der Waals surface area contributed by atoms with E-state index >= 15 is 0 Å². The molecule has 3 aromatic rings. The fourth-order valence-electron chi connectivity index (χ4n) is 3.16. The van der Waals surface area contributed by atoms with Crippen LogP contribution in [0.1, 0.15) is 59.4 Å². The van der Waals surface area contributed by atoms with Crippen molar-refractivity contribution in [1.29, 1.82) is 0 Å². The number of aryl methyl sites for hydroxylation is 1. The van der Waals surface area contributed by atoms with E-state index in [0.717, 1.165) is 11.3 Å². The number of pyridine rings is 1. The van der Waals surface area contributed by atoms with Gasteiger partial charge in [-0.25, -0.2) is 9.78 Å². The Morgan fingerprint density at radius 2 is 2.04 bits per heavy atom. The highest BCUT2D eigenvalue weighted by atomic mass is 16.4. The maximum absolute atomic E-state index is 11.4. The zero-order chi connectivity index (χ0) is 18.3. The van der Waals surface area contributed by atoms with Crippen LogP contribution in [0, 0.1) is 0 Å². The molecule has 0 unspecified atom stereocenters. The van der Waals surface area contributed by atoms with Gasteiger partial charge in [0.2, 0.25) is 0 Å². The van der Waals surface area contributed by atoms with Gasteiger partial charge in [-0.05, 0) is 43.7 Å². The molecule has 4 rings (SSSR count). The quantitative estimate of drug-likeness (QED) is 0.706. The number of Topliss-reactive ketones (excluding diaryl/α,β-unsaturated/α-hetero) is 1. The molecule has 0 atom stereocenters. The smallest absolute Gasteiger partial charge is 0.339 e. The summed E-state index contributed by atoms with van der Waals surface area (Å²) in [5.41, 5.74) is 3.60. The van der Waals surface area contributed by atoms with Crippen LogP contribution in [0.15, 0.2) is 30.7 Å². The summed E-state index contributed by atoms with van der Waals surface area (Å²) in [5.74, 6) is -0.333. The van der Waals surface area contributed by atoms with E-state index in [-0.39, 0.29) is 17.8 Å². The second-order valence-corrected chi connectivity index (χ2v) is 6.93. The number of carboxylic acid groups (broad SMARTS) is 1. The van der Waals surface area contributed by atoms with E-state index in [2.05, 4.69) is 22.3 Å². The minimum absolute atomic E-state index is 0.0164. The fraction of sp³-hybridized carbons (Fsp3) is 0.368. The molecule has 0 saturated heterocycles. The minimum atomic E-state index is -1.03. The number of carbonyl (C=O) groups is 2. The topological polar surface area (TPSA) is 89.5 Å². The zero-order valence-corrected chi connectivity index (χ0v) is 14.6. The molecule has 0 aromatic carbocycles. The standard InChI is InChI=1S/C19H20N4O3/c1-12(24)2-6-17-16(19(25)26)11-23(21-17)10-15-9-22-8-14(13-3-4-13)5-7-18(22)20-15/h5,7-9,11,13H,2-4,6,10H2,1H3,(H,25,26). The van der Waals surface area contributed by atoms with Crippen molar-refractivity contribution in [2.24, 2.45) is 0 Å². The third-order valence-corrected chi connectivity index (χ3v) is 4.68. The first-order valence-corrected chi connectivity index (χ1v) is 8.76. The van der Waals surface area contributed by atoms with Gasteiger partial charge in [-0.15, -0.1) is 0 Å². The van der Waals surface area contributed by atoms with Gasteiger partial charge in [0, 0.05) is 25.0 Å². The van der Waals surface area contributed by atoms with Crippen LogP contribution < -0.4 is 0 Å². The largest absolute Gasteiger partial charge is 0.478 e. The molecule has 0 spiro atoms. The van der Waals surface area contributed by atoms with Gasteiger partial charge in [-0.2, -0.15) is 5.10 Å². The van der Waals surface area contributed by atoms with E-state index in [1.807, 2.05) is 16.7 Å². The van der Waals surface area contributed by atoms with E-state index in [9.17, 15) is 14.7 Å². The number of rotatable bonds is 7. The normalized spacial score (nSPS) is 14.0. The molecule has 7 heteroatoms. The van der Waals surface area contributed by atoms with E-state index in [4.69, 9.17) is 0 Å². The molecule has 1 fully saturated rings. The summed E-state index contributed by atoms with van der Waals surface area (Å²) in [6.45, 7) is 1.88. The molecular formula is C19H20N4O3. The van der Waals surface area contributed by atoms with Crippen LogP contribution in [0.3, 0.4) is 0 Å². The highest BCUT2D eigenvalue weighted by Crippen LogP contribution is 2.39. The number of hydrogen-bond acceptors (Lipinski definition) is 4. The Morgan fingerprint density at radius 3 is 2.73 bits per heavy atom. The van der Waals surface area contributed by atoms with E-state index in [0.29, 0.717) is 24.6 Å². The van der Waals surface area contributed by atoms with Gasteiger partial charge in [-0.1, -0.05) is 6.07 Å². The summed E-state index contributed by atoms with van der Waals surface area (Å²) < 4.78 is 3.60. The van der Waals surface area contributed by atoms with Gasteiger partial charge in [0.15, 0.2) is 0 Å². The van der Waals surface area contributed by atoms with Crippen molar-refractivity contribution in [2.45, 2.75) is 45.1 Å². The van der Waals surface area contributed by atoms with Gasteiger partial charge in [0.1, 0.15) is 17.0 Å². The molecule has 0 aliphatic heterocycles. The number of hydrogen-bond donors (Lipinski definition) is 1. The Hall–Kier alpha value is -2.96. The molecule has 134 valence electrons. The van der Waals surface area contributed by atoms with Gasteiger partial charge in [0.05, 0.1) is 17.9 Å². The van der Waals surface area contributed by atoms with Crippen molar-refractivity contribution in [2.75, 3.05) is 0 Å². The molecule has 3 aromatic heterocycles. The molecule has 1 saturated carbocycles. The average Bonchev–Trinajstić information content (AvgIpc) is 3.24. The van der Waals surface area contributed by atoms with Gasteiger partial charge in [-0.3, -0.25) is 4.68 Å². The van der Waals surface area contributed by atoms with Crippen LogP contribution in [-0.2, 0) is 17.8 Å². The van der Waals surface area contributed by atoms with Crippen LogP contribution in [0.2, 0.25) is 0 Å². The first-order valence-electron chi connectivity index (χ1n) is 8.76. The minimum Gasteiger partial charge on any atom is -0.478 e. The lowest BCUT2D eigenvalue weighted by atomic mass is 10.1. The second-order valence-electron chi connectivity index (χ2n) is 6.93. The third-order valence-electron chi connectivity index (χ3n) is 4.68. The first-order chi connectivity index (χ1) is 12.5. The number of ketones is 1. The number of imidazole rings is 1. The zero-order valence-electron chi connectivity index (χ0n) is 14.6. The van der Waals surface area contributed by atoms with Crippen LogP contribution >= 0.6 is 0 Å². The van der Waals surface area contributed by atoms with E-state index in [1.165, 1.54) is 31.5 Å². The van der Waals surface area contributed by atoms with Crippen molar-refractivity contribution in [1.82, 2.24) is 19.2 Å². The van der Waals surface area contributed by atoms with Gasteiger partial charge >= 0.3 is 5.97 Å². The molecule has 1 aliphatic rings. The Labute approximate surface area is 150 Å². The lowest BCUT2D eigenvalue weighted by Crippen LogP contribution is -2.03. The lowest BCUT2D eigenvalue weighted by molar-refractivity contribution is -0.117. The number of aromatic nitrogens is 4. The number of nitrogens with zero attached hydrogens (tertiary/aromatic N) is 4. The van der Waals surface area contributed by atoms with Crippen molar-refractivity contribution >= 4 is 17.4 Å². The molecule has 26 heavy (non-hydrogen) atoms. The SMILES string of the molecule is CC(=O)CCc1nn(Cc2cn3cc(C4CC4)ccc3n2)cc1C(=O)O. The van der Waals surface area contributed by atoms with E-state index < -0.39 is 5.97 Å². The van der Waals surface area contributed by atoms with Crippen molar-refractivity contribution in [3.8, 4) is 0 Å².